The number of hydrogen-bond acceptors (Lipinski definition) is 5. The standard InChI is InChI=1S/C15H28N4OS/c1-6-18(7-2)14(20)12(5)16-10-13-11-17-15(21-13)19(8-3)9-4/h11-12,16H,6-10H2,1-5H3. The number of nitrogens with one attached hydrogen (secondary N) is 1. The Hall–Kier alpha value is -1.14. The Labute approximate surface area is 132 Å². The average Bonchev–Trinajstić information content (AvgIpc) is 2.96. The first kappa shape index (κ1) is 17.9. The number of carbonyl (C=O) groups excluding carboxylic acids is 1. The van der Waals surface area contributed by atoms with Crippen LogP contribution in [-0.2, 0) is 11.3 Å². The Bertz CT molecular complexity index is 427. The summed E-state index contributed by atoms with van der Waals surface area (Å²) in [5, 5.41) is 4.35. The fourth-order valence-corrected chi connectivity index (χ4v) is 3.16. The average molecular weight is 312 g/mol. The minimum Gasteiger partial charge on any atom is -0.349 e. The van der Waals surface area contributed by atoms with Crippen LogP contribution in [0.15, 0.2) is 6.20 Å². The lowest BCUT2D eigenvalue weighted by Crippen LogP contribution is -2.44. The zero-order valence-corrected chi connectivity index (χ0v) is 14.7. The van der Waals surface area contributed by atoms with E-state index < -0.39 is 0 Å². The van der Waals surface area contributed by atoms with Gasteiger partial charge in [-0.2, -0.15) is 0 Å². The van der Waals surface area contributed by atoms with Gasteiger partial charge in [0.2, 0.25) is 5.91 Å². The van der Waals surface area contributed by atoms with Gasteiger partial charge in [-0.25, -0.2) is 4.98 Å². The molecule has 1 heterocycles. The molecule has 0 aliphatic carbocycles. The molecule has 5 nitrogen and oxygen atoms in total. The maximum absolute atomic E-state index is 12.2. The van der Waals surface area contributed by atoms with Crippen LogP contribution >= 0.6 is 11.3 Å². The number of rotatable bonds is 9. The van der Waals surface area contributed by atoms with Gasteiger partial charge in [-0.15, -0.1) is 11.3 Å². The molecule has 0 aromatic carbocycles. The van der Waals surface area contributed by atoms with Crippen LogP contribution < -0.4 is 10.2 Å². The highest BCUT2D eigenvalue weighted by Crippen LogP contribution is 2.22. The molecule has 0 fully saturated rings. The summed E-state index contributed by atoms with van der Waals surface area (Å²) in [4.78, 5) is 21.9. The SMILES string of the molecule is CCN(CC)C(=O)C(C)NCc1cnc(N(CC)CC)s1. The van der Waals surface area contributed by atoms with Crippen LogP contribution in [0.4, 0.5) is 5.13 Å². The van der Waals surface area contributed by atoms with Crippen LogP contribution in [0.5, 0.6) is 0 Å². The highest BCUT2D eigenvalue weighted by Gasteiger charge is 2.18. The number of carbonyl (C=O) groups is 1. The molecule has 1 unspecified atom stereocenters. The summed E-state index contributed by atoms with van der Waals surface area (Å²) < 4.78 is 0. The summed E-state index contributed by atoms with van der Waals surface area (Å²) in [6, 6.07) is -0.163. The maximum Gasteiger partial charge on any atom is 0.239 e. The number of nitrogens with zero attached hydrogens (tertiary/aromatic N) is 3. The fraction of sp³-hybridized carbons (Fsp3) is 0.733. The molecule has 1 amide bonds. The molecule has 0 radical (unpaired) electrons. The second-order valence-corrected chi connectivity index (χ2v) is 5.99. The van der Waals surface area contributed by atoms with E-state index in [1.54, 1.807) is 11.3 Å². The lowest BCUT2D eigenvalue weighted by molar-refractivity contribution is -0.132. The highest BCUT2D eigenvalue weighted by molar-refractivity contribution is 7.15. The van der Waals surface area contributed by atoms with Gasteiger partial charge in [0.25, 0.3) is 0 Å². The van der Waals surface area contributed by atoms with E-state index in [-0.39, 0.29) is 11.9 Å². The van der Waals surface area contributed by atoms with Crippen molar-refractivity contribution in [1.29, 1.82) is 0 Å². The molecule has 21 heavy (non-hydrogen) atoms. The van der Waals surface area contributed by atoms with Gasteiger partial charge >= 0.3 is 0 Å². The van der Waals surface area contributed by atoms with Gasteiger partial charge in [-0.05, 0) is 34.6 Å². The first-order chi connectivity index (χ1) is 10.1. The monoisotopic (exact) mass is 312 g/mol. The van der Waals surface area contributed by atoms with Gasteiger partial charge in [0.15, 0.2) is 5.13 Å². The smallest absolute Gasteiger partial charge is 0.239 e. The molecule has 0 spiro atoms. The molecule has 0 saturated carbocycles. The fourth-order valence-electron chi connectivity index (χ4n) is 2.17. The molecule has 1 atom stereocenters. The van der Waals surface area contributed by atoms with E-state index in [0.717, 1.165) is 36.2 Å². The minimum absolute atomic E-state index is 0.161. The van der Waals surface area contributed by atoms with Crippen LogP contribution in [0.3, 0.4) is 0 Å². The molecule has 0 bridgehead atoms. The van der Waals surface area contributed by atoms with Crippen molar-refractivity contribution in [1.82, 2.24) is 15.2 Å². The topological polar surface area (TPSA) is 48.5 Å². The van der Waals surface area contributed by atoms with Crippen molar-refractivity contribution in [3.8, 4) is 0 Å². The highest BCUT2D eigenvalue weighted by atomic mass is 32.1. The van der Waals surface area contributed by atoms with E-state index >= 15 is 0 Å². The minimum atomic E-state index is -0.163. The number of amides is 1. The first-order valence-electron chi connectivity index (χ1n) is 7.79. The van der Waals surface area contributed by atoms with Gasteiger partial charge in [0.1, 0.15) is 0 Å². The summed E-state index contributed by atoms with van der Waals surface area (Å²) in [5.74, 6) is 0.161. The van der Waals surface area contributed by atoms with Crippen LogP contribution in [-0.4, -0.2) is 48.0 Å². The summed E-state index contributed by atoms with van der Waals surface area (Å²) in [7, 11) is 0. The molecule has 1 N–H and O–H groups in total. The first-order valence-corrected chi connectivity index (χ1v) is 8.60. The molecular formula is C15H28N4OS. The van der Waals surface area contributed by atoms with Crippen LogP contribution in [0, 0.1) is 0 Å². The number of likely N-dealkylation sites (N-methyl/N-ethyl adjacent to an activating group) is 1. The van der Waals surface area contributed by atoms with E-state index in [0.29, 0.717) is 6.54 Å². The van der Waals surface area contributed by atoms with E-state index in [1.165, 1.54) is 0 Å². The summed E-state index contributed by atoms with van der Waals surface area (Å²) in [6.07, 6.45) is 1.90. The molecule has 0 aliphatic rings. The summed E-state index contributed by atoms with van der Waals surface area (Å²) in [5.41, 5.74) is 0. The van der Waals surface area contributed by atoms with Gasteiger partial charge in [-0.3, -0.25) is 4.79 Å². The van der Waals surface area contributed by atoms with E-state index in [9.17, 15) is 4.79 Å². The molecule has 1 aromatic rings. The van der Waals surface area contributed by atoms with Crippen molar-refractivity contribution in [2.45, 2.75) is 47.2 Å². The largest absolute Gasteiger partial charge is 0.349 e. The number of thiazole rings is 1. The third-order valence-corrected chi connectivity index (χ3v) is 4.66. The second-order valence-electron chi connectivity index (χ2n) is 4.89. The third kappa shape index (κ3) is 4.97. The van der Waals surface area contributed by atoms with Crippen molar-refractivity contribution in [2.24, 2.45) is 0 Å². The quantitative estimate of drug-likeness (QED) is 0.760. The molecule has 1 aromatic heterocycles. The Balaban J connectivity index is 2.53. The number of hydrogen-bond donors (Lipinski definition) is 1. The predicted octanol–water partition coefficient (Wildman–Crippen LogP) is 2.34. The van der Waals surface area contributed by atoms with Crippen molar-refractivity contribution in [3.63, 3.8) is 0 Å². The molecule has 6 heteroatoms. The summed E-state index contributed by atoms with van der Waals surface area (Å²) in [6.45, 7) is 14.3. The molecule has 120 valence electrons. The Morgan fingerprint density at radius 3 is 2.38 bits per heavy atom. The zero-order chi connectivity index (χ0) is 15.8. The number of aromatic nitrogens is 1. The predicted molar refractivity (Wildman–Crippen MR) is 89.9 cm³/mol. The van der Waals surface area contributed by atoms with Gasteiger partial charge < -0.3 is 15.1 Å². The number of anilines is 1. The van der Waals surface area contributed by atoms with E-state index in [2.05, 4.69) is 29.0 Å². The van der Waals surface area contributed by atoms with Gasteiger partial charge in [0, 0.05) is 43.8 Å². The van der Waals surface area contributed by atoms with Crippen molar-refractivity contribution in [3.05, 3.63) is 11.1 Å². The maximum atomic E-state index is 12.2. The zero-order valence-electron chi connectivity index (χ0n) is 13.8. The van der Waals surface area contributed by atoms with E-state index in [1.807, 2.05) is 31.9 Å². The molecule has 1 rings (SSSR count). The van der Waals surface area contributed by atoms with Gasteiger partial charge in [0.05, 0.1) is 6.04 Å². The van der Waals surface area contributed by atoms with E-state index in [4.69, 9.17) is 0 Å². The second kappa shape index (κ2) is 9.00. The third-order valence-electron chi connectivity index (χ3n) is 3.60. The Kier molecular flexibility index (Phi) is 7.67. The van der Waals surface area contributed by atoms with Crippen LogP contribution in [0.2, 0.25) is 0 Å². The van der Waals surface area contributed by atoms with Gasteiger partial charge in [-0.1, -0.05) is 0 Å². The van der Waals surface area contributed by atoms with Crippen LogP contribution in [0.1, 0.15) is 39.5 Å². The normalized spacial score (nSPS) is 12.2. The lowest BCUT2D eigenvalue weighted by atomic mass is 10.2. The van der Waals surface area contributed by atoms with Crippen LogP contribution in [0.25, 0.3) is 0 Å². The summed E-state index contributed by atoms with van der Waals surface area (Å²) >= 11 is 1.69. The van der Waals surface area contributed by atoms with Crippen molar-refractivity contribution < 1.29 is 4.79 Å². The Morgan fingerprint density at radius 2 is 1.86 bits per heavy atom. The Morgan fingerprint density at radius 1 is 1.24 bits per heavy atom. The molecule has 0 saturated heterocycles. The van der Waals surface area contributed by atoms with Crippen molar-refractivity contribution >= 4 is 22.4 Å². The molecular weight excluding hydrogens is 284 g/mol. The lowest BCUT2D eigenvalue weighted by Gasteiger charge is -2.23. The molecule has 0 aliphatic heterocycles. The van der Waals surface area contributed by atoms with Crippen molar-refractivity contribution in [2.75, 3.05) is 31.1 Å².